The van der Waals surface area contributed by atoms with E-state index in [0.717, 1.165) is 23.1 Å². The smallest absolute Gasteiger partial charge is 0.325 e. The number of nitrogens with one attached hydrogen (secondary N) is 1. The number of halogens is 2. The van der Waals surface area contributed by atoms with Crippen LogP contribution in [0.2, 0.25) is 0 Å². The van der Waals surface area contributed by atoms with Crippen LogP contribution in [0.5, 0.6) is 5.75 Å². The Balaban J connectivity index is 1.71. The van der Waals surface area contributed by atoms with Crippen LogP contribution in [0.25, 0.3) is 0 Å². The van der Waals surface area contributed by atoms with Crippen LogP contribution in [0.15, 0.2) is 42.5 Å². The van der Waals surface area contributed by atoms with Gasteiger partial charge in [-0.2, -0.15) is 0 Å². The maximum Gasteiger partial charge on any atom is 0.325 e. The van der Waals surface area contributed by atoms with Gasteiger partial charge in [0.15, 0.2) is 5.54 Å². The van der Waals surface area contributed by atoms with E-state index in [1.54, 1.807) is 24.3 Å². The standard InChI is InChI=1S/C18H14F2N2O3/c19-12-5-6-14(20)11(9-12)10-22-16(23)18(21-17(22)24)7-8-25-15-4-2-1-3-13(15)18/h1-6,9H,7-8,10H2,(H,21,24). The minimum absolute atomic E-state index is 0.0547. The van der Waals surface area contributed by atoms with Gasteiger partial charge in [-0.25, -0.2) is 13.6 Å². The third kappa shape index (κ3) is 2.34. The fourth-order valence-electron chi connectivity index (χ4n) is 3.35. The Hall–Kier alpha value is -2.96. The SMILES string of the molecule is O=C1NC2(CCOc3ccccc32)C(=O)N1Cc1cc(F)ccc1F. The van der Waals surface area contributed by atoms with Crippen LogP contribution in [0.1, 0.15) is 17.5 Å². The normalized spacial score (nSPS) is 21.9. The summed E-state index contributed by atoms with van der Waals surface area (Å²) in [6.45, 7) is -0.0652. The van der Waals surface area contributed by atoms with Crippen LogP contribution in [0, 0.1) is 11.6 Å². The number of para-hydroxylation sites is 1. The van der Waals surface area contributed by atoms with Crippen LogP contribution < -0.4 is 10.1 Å². The first kappa shape index (κ1) is 15.6. The number of amides is 3. The summed E-state index contributed by atoms with van der Waals surface area (Å²) < 4.78 is 32.8. The molecule has 2 aromatic carbocycles. The summed E-state index contributed by atoms with van der Waals surface area (Å²) in [7, 11) is 0. The molecule has 2 aliphatic heterocycles. The zero-order valence-electron chi connectivity index (χ0n) is 13.1. The van der Waals surface area contributed by atoms with Gasteiger partial charge >= 0.3 is 6.03 Å². The molecule has 7 heteroatoms. The van der Waals surface area contributed by atoms with Gasteiger partial charge in [0.05, 0.1) is 13.2 Å². The number of carbonyl (C=O) groups excluding carboxylic acids is 2. The quantitative estimate of drug-likeness (QED) is 0.852. The highest BCUT2D eigenvalue weighted by Gasteiger charge is 2.54. The van der Waals surface area contributed by atoms with E-state index in [1.165, 1.54) is 0 Å². The number of fused-ring (bicyclic) bond motifs is 2. The Bertz CT molecular complexity index is 886. The molecule has 0 bridgehead atoms. The Kier molecular flexibility index (Phi) is 3.45. The van der Waals surface area contributed by atoms with Crippen molar-refractivity contribution in [2.75, 3.05) is 6.61 Å². The minimum Gasteiger partial charge on any atom is -0.493 e. The molecule has 25 heavy (non-hydrogen) atoms. The summed E-state index contributed by atoms with van der Waals surface area (Å²) in [6, 6.07) is 9.29. The average molecular weight is 344 g/mol. The zero-order chi connectivity index (χ0) is 17.6. The van der Waals surface area contributed by atoms with Crippen LogP contribution >= 0.6 is 0 Å². The molecule has 2 heterocycles. The van der Waals surface area contributed by atoms with Gasteiger partial charge in [0, 0.05) is 17.5 Å². The Labute approximate surface area is 142 Å². The van der Waals surface area contributed by atoms with Gasteiger partial charge in [-0.3, -0.25) is 9.69 Å². The lowest BCUT2D eigenvalue weighted by Crippen LogP contribution is -2.47. The minimum atomic E-state index is -1.23. The highest BCUT2D eigenvalue weighted by Crippen LogP contribution is 2.41. The molecule has 0 aromatic heterocycles. The maximum absolute atomic E-state index is 13.9. The summed E-state index contributed by atoms with van der Waals surface area (Å²) in [4.78, 5) is 26.3. The second kappa shape index (κ2) is 5.54. The Morgan fingerprint density at radius 1 is 1.16 bits per heavy atom. The van der Waals surface area contributed by atoms with Crippen molar-refractivity contribution in [3.63, 3.8) is 0 Å². The number of benzene rings is 2. The summed E-state index contributed by atoms with van der Waals surface area (Å²) >= 11 is 0. The lowest BCUT2D eigenvalue weighted by molar-refractivity contribution is -0.133. The van der Waals surface area contributed by atoms with Crippen molar-refractivity contribution in [3.8, 4) is 5.75 Å². The van der Waals surface area contributed by atoms with Crippen molar-refractivity contribution in [1.82, 2.24) is 10.2 Å². The van der Waals surface area contributed by atoms with Crippen molar-refractivity contribution in [2.45, 2.75) is 18.5 Å². The molecule has 0 saturated carbocycles. The van der Waals surface area contributed by atoms with E-state index in [1.807, 2.05) is 0 Å². The molecule has 4 rings (SSSR count). The number of nitrogens with zero attached hydrogens (tertiary/aromatic N) is 1. The van der Waals surface area contributed by atoms with Crippen molar-refractivity contribution in [1.29, 1.82) is 0 Å². The summed E-state index contributed by atoms with van der Waals surface area (Å²) in [5, 5.41) is 2.72. The fourth-order valence-corrected chi connectivity index (χ4v) is 3.35. The highest BCUT2D eigenvalue weighted by molar-refractivity contribution is 6.07. The maximum atomic E-state index is 13.9. The predicted octanol–water partition coefficient (Wildman–Crippen LogP) is 2.69. The van der Waals surface area contributed by atoms with E-state index in [4.69, 9.17) is 4.74 Å². The predicted molar refractivity (Wildman–Crippen MR) is 83.7 cm³/mol. The van der Waals surface area contributed by atoms with Crippen LogP contribution in [0.3, 0.4) is 0 Å². The molecular formula is C18H14F2N2O3. The molecule has 1 N–H and O–H groups in total. The molecule has 1 fully saturated rings. The van der Waals surface area contributed by atoms with E-state index >= 15 is 0 Å². The van der Waals surface area contributed by atoms with Gasteiger partial charge in [0.25, 0.3) is 5.91 Å². The number of hydrogen-bond donors (Lipinski definition) is 1. The third-order valence-electron chi connectivity index (χ3n) is 4.59. The molecule has 1 spiro atoms. The molecule has 3 amide bonds. The number of imide groups is 1. The molecule has 1 saturated heterocycles. The molecule has 0 radical (unpaired) electrons. The summed E-state index contributed by atoms with van der Waals surface area (Å²) in [5.41, 5.74) is -0.710. The van der Waals surface area contributed by atoms with Gasteiger partial charge in [-0.15, -0.1) is 0 Å². The zero-order valence-corrected chi connectivity index (χ0v) is 13.1. The molecular weight excluding hydrogens is 330 g/mol. The molecule has 0 aliphatic carbocycles. The summed E-state index contributed by atoms with van der Waals surface area (Å²) in [6.07, 6.45) is 0.275. The second-order valence-corrected chi connectivity index (χ2v) is 6.06. The largest absolute Gasteiger partial charge is 0.493 e. The number of hydrogen-bond acceptors (Lipinski definition) is 3. The van der Waals surface area contributed by atoms with E-state index in [-0.39, 0.29) is 25.1 Å². The molecule has 128 valence electrons. The first-order valence-corrected chi connectivity index (χ1v) is 7.81. The third-order valence-corrected chi connectivity index (χ3v) is 4.59. The van der Waals surface area contributed by atoms with Crippen LogP contribution in [0.4, 0.5) is 13.6 Å². The average Bonchev–Trinajstić information content (AvgIpc) is 2.83. The van der Waals surface area contributed by atoms with Crippen molar-refractivity contribution in [2.24, 2.45) is 0 Å². The van der Waals surface area contributed by atoms with Crippen molar-refractivity contribution < 1.29 is 23.1 Å². The van der Waals surface area contributed by atoms with Crippen LogP contribution in [-0.4, -0.2) is 23.4 Å². The van der Waals surface area contributed by atoms with E-state index in [9.17, 15) is 18.4 Å². The Morgan fingerprint density at radius 3 is 2.80 bits per heavy atom. The highest BCUT2D eigenvalue weighted by atomic mass is 19.1. The topological polar surface area (TPSA) is 58.6 Å². The van der Waals surface area contributed by atoms with Gasteiger partial charge in [-0.1, -0.05) is 18.2 Å². The lowest BCUT2D eigenvalue weighted by atomic mass is 9.84. The lowest BCUT2D eigenvalue weighted by Gasteiger charge is -2.33. The number of ether oxygens (including phenoxy) is 1. The van der Waals surface area contributed by atoms with Crippen molar-refractivity contribution >= 4 is 11.9 Å². The summed E-state index contributed by atoms with van der Waals surface area (Å²) in [5.74, 6) is -1.26. The number of rotatable bonds is 2. The van der Waals surface area contributed by atoms with E-state index in [2.05, 4.69) is 5.32 Å². The molecule has 1 atom stereocenters. The molecule has 5 nitrogen and oxygen atoms in total. The fraction of sp³-hybridized carbons (Fsp3) is 0.222. The van der Waals surface area contributed by atoms with Gasteiger partial charge in [0.2, 0.25) is 0 Å². The second-order valence-electron chi connectivity index (χ2n) is 6.06. The molecule has 1 unspecified atom stereocenters. The van der Waals surface area contributed by atoms with Gasteiger partial charge < -0.3 is 10.1 Å². The van der Waals surface area contributed by atoms with Crippen molar-refractivity contribution in [3.05, 3.63) is 65.2 Å². The van der Waals surface area contributed by atoms with E-state index in [0.29, 0.717) is 11.3 Å². The first-order valence-electron chi connectivity index (χ1n) is 7.81. The van der Waals surface area contributed by atoms with Crippen LogP contribution in [-0.2, 0) is 16.9 Å². The first-order chi connectivity index (χ1) is 12.0. The molecule has 2 aliphatic rings. The van der Waals surface area contributed by atoms with Gasteiger partial charge in [-0.05, 0) is 24.3 Å². The Morgan fingerprint density at radius 2 is 1.96 bits per heavy atom. The number of carbonyl (C=O) groups is 2. The monoisotopic (exact) mass is 344 g/mol. The number of urea groups is 1. The molecule has 2 aromatic rings. The van der Waals surface area contributed by atoms with E-state index < -0.39 is 29.1 Å². The van der Waals surface area contributed by atoms with Gasteiger partial charge in [0.1, 0.15) is 17.4 Å².